The standard InChI is InChI=1S/C17H19NO7/c1-9-5-6-11(8-12(9)18(22)23)7-10(2)14(19)13-15(20)24-17(3,4)25-16(13)21/h5-6,8,10,13H,7H2,1-4H3/t10-/m0/s1. The van der Waals surface area contributed by atoms with Gasteiger partial charge < -0.3 is 9.47 Å². The van der Waals surface area contributed by atoms with Crippen LogP contribution in [-0.2, 0) is 30.3 Å². The van der Waals surface area contributed by atoms with Crippen LogP contribution >= 0.6 is 0 Å². The number of hydrogen-bond acceptors (Lipinski definition) is 7. The van der Waals surface area contributed by atoms with E-state index in [0.29, 0.717) is 11.1 Å². The van der Waals surface area contributed by atoms with Gasteiger partial charge in [0, 0.05) is 31.4 Å². The van der Waals surface area contributed by atoms with Crippen molar-refractivity contribution in [3.63, 3.8) is 0 Å². The molecule has 0 bridgehead atoms. The van der Waals surface area contributed by atoms with Gasteiger partial charge in [-0.15, -0.1) is 0 Å². The number of esters is 2. The van der Waals surface area contributed by atoms with E-state index in [-0.39, 0.29) is 12.1 Å². The summed E-state index contributed by atoms with van der Waals surface area (Å²) in [6.45, 7) is 5.97. The average Bonchev–Trinajstić information content (AvgIpc) is 2.46. The van der Waals surface area contributed by atoms with E-state index >= 15 is 0 Å². The molecule has 2 rings (SSSR count). The molecule has 0 aromatic heterocycles. The van der Waals surface area contributed by atoms with E-state index in [0.717, 1.165) is 0 Å². The fourth-order valence-corrected chi connectivity index (χ4v) is 2.67. The van der Waals surface area contributed by atoms with E-state index in [1.165, 1.54) is 19.9 Å². The quantitative estimate of drug-likeness (QED) is 0.346. The van der Waals surface area contributed by atoms with Gasteiger partial charge in [-0.25, -0.2) is 0 Å². The van der Waals surface area contributed by atoms with E-state index in [1.807, 2.05) is 0 Å². The lowest BCUT2D eigenvalue weighted by Crippen LogP contribution is -2.50. The van der Waals surface area contributed by atoms with Crippen molar-refractivity contribution in [2.45, 2.75) is 39.9 Å². The first-order chi connectivity index (χ1) is 11.5. The van der Waals surface area contributed by atoms with Crippen LogP contribution in [0.5, 0.6) is 0 Å². The number of nitro benzene ring substituents is 1. The Hall–Kier alpha value is -2.77. The minimum Gasteiger partial charge on any atom is -0.422 e. The number of aryl methyl sites for hydroxylation is 1. The Bertz CT molecular complexity index is 733. The van der Waals surface area contributed by atoms with E-state index < -0.39 is 40.3 Å². The largest absolute Gasteiger partial charge is 0.422 e. The van der Waals surface area contributed by atoms with Crippen molar-refractivity contribution in [3.8, 4) is 0 Å². The summed E-state index contributed by atoms with van der Waals surface area (Å²) < 4.78 is 9.90. The Morgan fingerprint density at radius 2 is 1.84 bits per heavy atom. The van der Waals surface area contributed by atoms with Crippen molar-refractivity contribution in [1.29, 1.82) is 0 Å². The highest BCUT2D eigenvalue weighted by atomic mass is 16.7. The van der Waals surface area contributed by atoms with Crippen molar-refractivity contribution in [3.05, 3.63) is 39.4 Å². The van der Waals surface area contributed by atoms with Crippen molar-refractivity contribution in [1.82, 2.24) is 0 Å². The molecule has 1 fully saturated rings. The Morgan fingerprint density at radius 1 is 1.28 bits per heavy atom. The van der Waals surface area contributed by atoms with E-state index in [1.54, 1.807) is 26.0 Å². The summed E-state index contributed by atoms with van der Waals surface area (Å²) in [5, 5.41) is 11.0. The lowest BCUT2D eigenvalue weighted by molar-refractivity contribution is -0.385. The van der Waals surface area contributed by atoms with Gasteiger partial charge in [0.1, 0.15) is 0 Å². The predicted molar refractivity (Wildman–Crippen MR) is 85.5 cm³/mol. The predicted octanol–water partition coefficient (Wildman–Crippen LogP) is 2.10. The number of Topliss-reactive ketones (excluding diaryl/α,β-unsaturated/α-hetero) is 1. The summed E-state index contributed by atoms with van der Waals surface area (Å²) in [6, 6.07) is 4.66. The van der Waals surface area contributed by atoms with Gasteiger partial charge in [0.25, 0.3) is 11.5 Å². The summed E-state index contributed by atoms with van der Waals surface area (Å²) in [6.07, 6.45) is 0.153. The van der Waals surface area contributed by atoms with Gasteiger partial charge in [-0.2, -0.15) is 0 Å². The minimum absolute atomic E-state index is 0.0459. The Labute approximate surface area is 144 Å². The highest BCUT2D eigenvalue weighted by Crippen LogP contribution is 2.27. The van der Waals surface area contributed by atoms with Crippen LogP contribution in [0, 0.1) is 28.9 Å². The van der Waals surface area contributed by atoms with Crippen molar-refractivity contribution in [2.24, 2.45) is 11.8 Å². The first-order valence-electron chi connectivity index (χ1n) is 7.75. The smallest absolute Gasteiger partial charge is 0.331 e. The first kappa shape index (κ1) is 18.6. The fourth-order valence-electron chi connectivity index (χ4n) is 2.67. The second kappa shape index (κ2) is 6.62. The maximum absolute atomic E-state index is 12.5. The number of carbonyl (C=O) groups is 3. The molecule has 0 saturated carbocycles. The number of ketones is 1. The molecule has 134 valence electrons. The van der Waals surface area contributed by atoms with Crippen LogP contribution in [0.15, 0.2) is 18.2 Å². The second-order valence-corrected chi connectivity index (χ2v) is 6.56. The molecular weight excluding hydrogens is 330 g/mol. The summed E-state index contributed by atoms with van der Waals surface area (Å²) in [5.74, 6) is -6.24. The summed E-state index contributed by atoms with van der Waals surface area (Å²) in [7, 11) is 0. The molecule has 0 radical (unpaired) electrons. The Morgan fingerprint density at radius 3 is 2.36 bits per heavy atom. The second-order valence-electron chi connectivity index (χ2n) is 6.56. The molecule has 0 aliphatic carbocycles. The molecule has 1 aliphatic heterocycles. The number of rotatable bonds is 5. The number of benzene rings is 1. The van der Waals surface area contributed by atoms with Gasteiger partial charge in [-0.3, -0.25) is 24.5 Å². The monoisotopic (exact) mass is 349 g/mol. The minimum atomic E-state index is -1.62. The first-order valence-corrected chi connectivity index (χ1v) is 7.75. The maximum Gasteiger partial charge on any atom is 0.331 e. The van der Waals surface area contributed by atoms with Crippen molar-refractivity contribution in [2.75, 3.05) is 0 Å². The molecule has 0 unspecified atom stereocenters. The zero-order valence-corrected chi connectivity index (χ0v) is 14.4. The third-order valence-electron chi connectivity index (χ3n) is 3.95. The summed E-state index contributed by atoms with van der Waals surface area (Å²) in [5.41, 5.74) is 1.03. The number of carbonyl (C=O) groups excluding carboxylic acids is 3. The maximum atomic E-state index is 12.5. The highest BCUT2D eigenvalue weighted by Gasteiger charge is 2.48. The Balaban J connectivity index is 2.16. The zero-order chi connectivity index (χ0) is 18.9. The molecule has 1 aromatic carbocycles. The number of ether oxygens (including phenoxy) is 2. The molecule has 1 saturated heterocycles. The molecule has 1 heterocycles. The van der Waals surface area contributed by atoms with Gasteiger partial charge in [-0.1, -0.05) is 19.1 Å². The van der Waals surface area contributed by atoms with Crippen molar-refractivity contribution >= 4 is 23.4 Å². The van der Waals surface area contributed by atoms with Gasteiger partial charge >= 0.3 is 11.9 Å². The number of nitro groups is 1. The molecule has 8 nitrogen and oxygen atoms in total. The number of cyclic esters (lactones) is 2. The normalized spacial score (nSPS) is 18.2. The fraction of sp³-hybridized carbons (Fsp3) is 0.471. The zero-order valence-electron chi connectivity index (χ0n) is 14.4. The van der Waals surface area contributed by atoms with Crippen LogP contribution in [0.25, 0.3) is 0 Å². The molecule has 1 aliphatic rings. The molecule has 1 atom stereocenters. The lowest BCUT2D eigenvalue weighted by atomic mass is 9.88. The van der Waals surface area contributed by atoms with Gasteiger partial charge in [0.05, 0.1) is 4.92 Å². The van der Waals surface area contributed by atoms with Crippen LogP contribution in [0.4, 0.5) is 5.69 Å². The van der Waals surface area contributed by atoms with E-state index in [2.05, 4.69) is 0 Å². The van der Waals surface area contributed by atoms with E-state index in [9.17, 15) is 24.5 Å². The van der Waals surface area contributed by atoms with Gasteiger partial charge in [-0.05, 0) is 18.9 Å². The van der Waals surface area contributed by atoms with Crippen molar-refractivity contribution < 1.29 is 28.8 Å². The van der Waals surface area contributed by atoms with Crippen LogP contribution in [0.2, 0.25) is 0 Å². The van der Waals surface area contributed by atoms with Gasteiger partial charge in [0.2, 0.25) is 5.92 Å². The highest BCUT2D eigenvalue weighted by molar-refractivity contribution is 6.16. The molecule has 1 aromatic rings. The average molecular weight is 349 g/mol. The summed E-state index contributed by atoms with van der Waals surface area (Å²) in [4.78, 5) is 46.9. The number of hydrogen-bond donors (Lipinski definition) is 0. The molecule has 0 spiro atoms. The van der Waals surface area contributed by atoms with Crippen LogP contribution in [-0.4, -0.2) is 28.4 Å². The molecule has 25 heavy (non-hydrogen) atoms. The summed E-state index contributed by atoms with van der Waals surface area (Å²) >= 11 is 0. The third-order valence-corrected chi connectivity index (χ3v) is 3.95. The molecule has 8 heteroatoms. The van der Waals surface area contributed by atoms with Crippen LogP contribution < -0.4 is 0 Å². The lowest BCUT2D eigenvalue weighted by Gasteiger charge is -2.33. The third kappa shape index (κ3) is 4.01. The molecule has 0 N–H and O–H groups in total. The van der Waals surface area contributed by atoms with Gasteiger partial charge in [0.15, 0.2) is 5.78 Å². The topological polar surface area (TPSA) is 113 Å². The number of nitrogens with zero attached hydrogens (tertiary/aromatic N) is 1. The molecular formula is C17H19NO7. The molecule has 0 amide bonds. The SMILES string of the molecule is Cc1ccc(C[C@H](C)C(=O)C2C(=O)OC(C)(C)OC2=O)cc1[N+](=O)[O-]. The Kier molecular flexibility index (Phi) is 4.92. The van der Waals surface area contributed by atoms with Crippen LogP contribution in [0.1, 0.15) is 31.9 Å². The van der Waals surface area contributed by atoms with E-state index in [4.69, 9.17) is 9.47 Å². The van der Waals surface area contributed by atoms with Crippen LogP contribution in [0.3, 0.4) is 0 Å².